The van der Waals surface area contributed by atoms with E-state index in [9.17, 15) is 9.59 Å². The van der Waals surface area contributed by atoms with Crippen LogP contribution >= 0.6 is 0 Å². The molecule has 8 nitrogen and oxygen atoms in total. The van der Waals surface area contributed by atoms with Gasteiger partial charge in [0, 0.05) is 18.4 Å². The molecule has 2 rings (SSSR count). The molecule has 2 aromatic heterocycles. The Labute approximate surface area is 153 Å². The van der Waals surface area contributed by atoms with Crippen molar-refractivity contribution in [3.8, 4) is 5.82 Å². The molecule has 4 N–H and O–H groups in total. The number of amides is 2. The van der Waals surface area contributed by atoms with E-state index in [4.69, 9.17) is 5.73 Å². The molecule has 0 unspecified atom stereocenters. The van der Waals surface area contributed by atoms with E-state index in [1.54, 1.807) is 10.9 Å². The topological polar surface area (TPSA) is 115 Å². The first kappa shape index (κ1) is 19.6. The summed E-state index contributed by atoms with van der Waals surface area (Å²) in [5.41, 5.74) is 8.52. The molecule has 0 aliphatic heterocycles. The summed E-state index contributed by atoms with van der Waals surface area (Å²) in [4.78, 5) is 28.0. The Morgan fingerprint density at radius 2 is 1.96 bits per heavy atom. The van der Waals surface area contributed by atoms with Crippen LogP contribution in [0.3, 0.4) is 0 Å². The van der Waals surface area contributed by atoms with Gasteiger partial charge in [-0.05, 0) is 37.5 Å². The number of nitrogens with two attached hydrogens (primary N) is 1. The van der Waals surface area contributed by atoms with E-state index in [1.807, 2.05) is 45.9 Å². The Kier molecular flexibility index (Phi) is 6.46. The average Bonchev–Trinajstić information content (AvgIpc) is 2.95. The van der Waals surface area contributed by atoms with E-state index in [2.05, 4.69) is 20.7 Å². The fourth-order valence-electron chi connectivity index (χ4n) is 2.36. The molecule has 0 bridgehead atoms. The van der Waals surface area contributed by atoms with Crippen LogP contribution in [-0.2, 0) is 16.1 Å². The van der Waals surface area contributed by atoms with Crippen LogP contribution < -0.4 is 16.4 Å². The molecule has 2 amide bonds. The number of nitrogens with one attached hydrogen (secondary N) is 2. The Bertz CT molecular complexity index is 766. The Hall–Kier alpha value is -2.74. The second kappa shape index (κ2) is 8.57. The summed E-state index contributed by atoms with van der Waals surface area (Å²) in [6.07, 6.45) is 1.69. The summed E-state index contributed by atoms with van der Waals surface area (Å²) in [6, 6.07) is 5.10. The highest BCUT2D eigenvalue weighted by atomic mass is 16.2. The molecular formula is C18H26N6O2. The minimum Gasteiger partial charge on any atom is -0.350 e. The van der Waals surface area contributed by atoms with Gasteiger partial charge in [0.2, 0.25) is 11.8 Å². The third-order valence-corrected chi connectivity index (χ3v) is 3.97. The van der Waals surface area contributed by atoms with E-state index >= 15 is 0 Å². The molecule has 2 heterocycles. The Balaban J connectivity index is 1.83. The standard InChI is InChI=1S/C18H26N6O2/c1-11(2)17(19)18(26)22-10-16(25)21-9-14-5-6-15(20-8-14)24-13(4)7-12(3)23-24/h5-8,11,17H,9-10,19H2,1-4H3,(H,21,25)(H,22,26)/t17-/m0/s1. The fourth-order valence-corrected chi connectivity index (χ4v) is 2.36. The lowest BCUT2D eigenvalue weighted by Crippen LogP contribution is -2.47. The smallest absolute Gasteiger partial charge is 0.239 e. The third-order valence-electron chi connectivity index (χ3n) is 3.97. The van der Waals surface area contributed by atoms with Crippen LogP contribution in [0.2, 0.25) is 0 Å². The number of rotatable bonds is 7. The number of hydrogen-bond donors (Lipinski definition) is 3. The van der Waals surface area contributed by atoms with E-state index < -0.39 is 6.04 Å². The van der Waals surface area contributed by atoms with Crippen LogP contribution in [-0.4, -0.2) is 39.2 Å². The highest BCUT2D eigenvalue weighted by molar-refractivity contribution is 5.87. The molecule has 0 spiro atoms. The fraction of sp³-hybridized carbons (Fsp3) is 0.444. The number of aryl methyl sites for hydroxylation is 2. The predicted octanol–water partition coefficient (Wildman–Crippen LogP) is 0.600. The van der Waals surface area contributed by atoms with E-state index in [0.717, 1.165) is 22.8 Å². The van der Waals surface area contributed by atoms with Gasteiger partial charge in [0.1, 0.15) is 0 Å². The predicted molar refractivity (Wildman–Crippen MR) is 98.5 cm³/mol. The van der Waals surface area contributed by atoms with Crippen molar-refractivity contribution in [3.63, 3.8) is 0 Å². The quantitative estimate of drug-likeness (QED) is 0.670. The lowest BCUT2D eigenvalue weighted by molar-refractivity contribution is -0.127. The summed E-state index contributed by atoms with van der Waals surface area (Å²) in [7, 11) is 0. The van der Waals surface area contributed by atoms with Crippen LogP contribution in [0, 0.1) is 19.8 Å². The molecule has 26 heavy (non-hydrogen) atoms. The molecule has 1 atom stereocenters. The molecule has 2 aromatic rings. The van der Waals surface area contributed by atoms with Crippen LogP contribution in [0.25, 0.3) is 5.82 Å². The van der Waals surface area contributed by atoms with Crippen molar-refractivity contribution in [2.24, 2.45) is 11.7 Å². The van der Waals surface area contributed by atoms with Crippen molar-refractivity contribution in [1.82, 2.24) is 25.4 Å². The molecule has 0 radical (unpaired) electrons. The van der Waals surface area contributed by atoms with Gasteiger partial charge in [-0.3, -0.25) is 9.59 Å². The van der Waals surface area contributed by atoms with Gasteiger partial charge in [0.15, 0.2) is 5.82 Å². The van der Waals surface area contributed by atoms with Crippen molar-refractivity contribution in [2.75, 3.05) is 6.54 Å². The number of carbonyl (C=O) groups is 2. The second-order valence-electron chi connectivity index (χ2n) is 6.63. The Morgan fingerprint density at radius 1 is 1.23 bits per heavy atom. The summed E-state index contributed by atoms with van der Waals surface area (Å²) in [5, 5.41) is 9.66. The molecular weight excluding hydrogens is 332 g/mol. The van der Waals surface area contributed by atoms with Gasteiger partial charge >= 0.3 is 0 Å². The van der Waals surface area contributed by atoms with E-state index in [1.165, 1.54) is 0 Å². The first-order chi connectivity index (χ1) is 12.3. The van der Waals surface area contributed by atoms with Gasteiger partial charge in [0.05, 0.1) is 18.3 Å². The van der Waals surface area contributed by atoms with Crippen LogP contribution in [0.1, 0.15) is 30.8 Å². The van der Waals surface area contributed by atoms with Gasteiger partial charge in [-0.1, -0.05) is 19.9 Å². The van der Waals surface area contributed by atoms with Crippen LogP contribution in [0.5, 0.6) is 0 Å². The highest BCUT2D eigenvalue weighted by Crippen LogP contribution is 2.10. The zero-order valence-corrected chi connectivity index (χ0v) is 15.6. The summed E-state index contributed by atoms with van der Waals surface area (Å²) < 4.78 is 1.77. The SMILES string of the molecule is Cc1cc(C)n(-c2ccc(CNC(=O)CNC(=O)[C@@H](N)C(C)C)cn2)n1. The molecule has 0 aliphatic carbocycles. The van der Waals surface area contributed by atoms with Crippen molar-refractivity contribution in [3.05, 3.63) is 41.3 Å². The van der Waals surface area contributed by atoms with E-state index in [0.29, 0.717) is 6.54 Å². The molecule has 8 heteroatoms. The van der Waals surface area contributed by atoms with Crippen molar-refractivity contribution in [1.29, 1.82) is 0 Å². The molecule has 0 saturated heterocycles. The highest BCUT2D eigenvalue weighted by Gasteiger charge is 2.17. The van der Waals surface area contributed by atoms with Gasteiger partial charge in [-0.2, -0.15) is 5.10 Å². The zero-order valence-electron chi connectivity index (χ0n) is 15.6. The van der Waals surface area contributed by atoms with Gasteiger partial charge < -0.3 is 16.4 Å². The monoisotopic (exact) mass is 358 g/mol. The zero-order chi connectivity index (χ0) is 19.3. The van der Waals surface area contributed by atoms with Crippen molar-refractivity contribution in [2.45, 2.75) is 40.3 Å². The second-order valence-corrected chi connectivity index (χ2v) is 6.63. The van der Waals surface area contributed by atoms with Crippen molar-refractivity contribution < 1.29 is 9.59 Å². The van der Waals surface area contributed by atoms with Crippen LogP contribution in [0.4, 0.5) is 0 Å². The Morgan fingerprint density at radius 3 is 2.50 bits per heavy atom. The number of hydrogen-bond acceptors (Lipinski definition) is 5. The van der Waals surface area contributed by atoms with Crippen molar-refractivity contribution >= 4 is 11.8 Å². The maximum Gasteiger partial charge on any atom is 0.239 e. The van der Waals surface area contributed by atoms with E-state index in [-0.39, 0.29) is 24.3 Å². The lowest BCUT2D eigenvalue weighted by atomic mass is 10.1. The molecule has 0 aromatic carbocycles. The molecule has 0 saturated carbocycles. The third kappa shape index (κ3) is 5.13. The maximum atomic E-state index is 11.8. The summed E-state index contributed by atoms with van der Waals surface area (Å²) >= 11 is 0. The minimum atomic E-state index is -0.617. The first-order valence-corrected chi connectivity index (χ1v) is 8.56. The minimum absolute atomic E-state index is 0.0184. The number of nitrogens with zero attached hydrogens (tertiary/aromatic N) is 3. The van der Waals surface area contributed by atoms with Gasteiger partial charge in [-0.15, -0.1) is 0 Å². The molecule has 0 aliphatic rings. The van der Waals surface area contributed by atoms with Gasteiger partial charge in [0.25, 0.3) is 0 Å². The lowest BCUT2D eigenvalue weighted by Gasteiger charge is -2.15. The normalized spacial score (nSPS) is 12.1. The molecule has 0 fully saturated rings. The molecule has 140 valence electrons. The number of pyridine rings is 1. The van der Waals surface area contributed by atoms with Gasteiger partial charge in [-0.25, -0.2) is 9.67 Å². The average molecular weight is 358 g/mol. The number of carbonyl (C=O) groups excluding carboxylic acids is 2. The first-order valence-electron chi connectivity index (χ1n) is 8.56. The number of aromatic nitrogens is 3. The van der Waals surface area contributed by atoms with Crippen LogP contribution in [0.15, 0.2) is 24.4 Å². The largest absolute Gasteiger partial charge is 0.350 e. The maximum absolute atomic E-state index is 11.8. The summed E-state index contributed by atoms with van der Waals surface area (Å²) in [6.45, 7) is 7.83. The summed E-state index contributed by atoms with van der Waals surface area (Å²) in [5.74, 6) is 0.133.